The molecule has 8 heteroatoms. The zero-order chi connectivity index (χ0) is 20.1. The second-order valence-corrected chi connectivity index (χ2v) is 6.86. The third-order valence-electron chi connectivity index (χ3n) is 3.93. The average Bonchev–Trinajstić information content (AvgIpc) is 2.70. The molecule has 0 atom stereocenters. The molecule has 3 aromatic rings. The van der Waals surface area contributed by atoms with E-state index < -0.39 is 5.97 Å². The van der Waals surface area contributed by atoms with Gasteiger partial charge < -0.3 is 10.1 Å². The van der Waals surface area contributed by atoms with Crippen LogP contribution < -0.4 is 10.9 Å². The SMILES string of the molecule is CCOC(=O)c1cccc(NC(=O)CSc2nc3ccccc3c(=O)n2C)c1. The molecule has 0 spiro atoms. The Morgan fingerprint density at radius 2 is 1.96 bits per heavy atom. The second-order valence-electron chi connectivity index (χ2n) is 5.91. The van der Waals surface area contributed by atoms with Crippen LogP contribution >= 0.6 is 11.8 Å². The summed E-state index contributed by atoms with van der Waals surface area (Å²) in [5.74, 6) is -0.640. The van der Waals surface area contributed by atoms with Crippen molar-refractivity contribution in [3.05, 3.63) is 64.4 Å². The van der Waals surface area contributed by atoms with Crippen molar-refractivity contribution >= 4 is 40.2 Å². The Kier molecular flexibility index (Phi) is 6.10. The van der Waals surface area contributed by atoms with Crippen LogP contribution in [0.25, 0.3) is 10.9 Å². The fourth-order valence-corrected chi connectivity index (χ4v) is 3.36. The summed E-state index contributed by atoms with van der Waals surface area (Å²) in [5.41, 5.74) is 1.30. The first-order chi connectivity index (χ1) is 13.5. The van der Waals surface area contributed by atoms with E-state index in [9.17, 15) is 14.4 Å². The van der Waals surface area contributed by atoms with E-state index in [0.717, 1.165) is 0 Å². The molecule has 0 saturated carbocycles. The minimum atomic E-state index is -0.441. The molecule has 0 aliphatic carbocycles. The highest BCUT2D eigenvalue weighted by atomic mass is 32.2. The maximum absolute atomic E-state index is 12.4. The number of hydrogen-bond acceptors (Lipinski definition) is 6. The quantitative estimate of drug-likeness (QED) is 0.391. The molecule has 1 amide bonds. The summed E-state index contributed by atoms with van der Waals surface area (Å²) in [4.78, 5) is 40.9. The average molecular weight is 397 g/mol. The predicted octanol–water partition coefficient (Wildman–Crippen LogP) is 2.84. The number of carbonyl (C=O) groups excluding carboxylic acids is 2. The lowest BCUT2D eigenvalue weighted by atomic mass is 10.2. The van der Waals surface area contributed by atoms with Crippen LogP contribution in [0.3, 0.4) is 0 Å². The minimum Gasteiger partial charge on any atom is -0.462 e. The number of fused-ring (bicyclic) bond motifs is 1. The third kappa shape index (κ3) is 4.40. The van der Waals surface area contributed by atoms with Crippen molar-refractivity contribution in [1.82, 2.24) is 9.55 Å². The van der Waals surface area contributed by atoms with Crippen LogP contribution in [0.15, 0.2) is 58.5 Å². The Labute approximate surface area is 165 Å². The number of thioether (sulfide) groups is 1. The minimum absolute atomic E-state index is 0.0717. The number of anilines is 1. The number of benzene rings is 2. The first-order valence-electron chi connectivity index (χ1n) is 8.65. The number of rotatable bonds is 6. The summed E-state index contributed by atoms with van der Waals surface area (Å²) < 4.78 is 6.39. The number of aromatic nitrogens is 2. The number of esters is 1. The van der Waals surface area contributed by atoms with Gasteiger partial charge in [0.25, 0.3) is 5.56 Å². The lowest BCUT2D eigenvalue weighted by Crippen LogP contribution is -2.21. The van der Waals surface area contributed by atoms with Crippen molar-refractivity contribution in [3.8, 4) is 0 Å². The number of ether oxygens (including phenoxy) is 1. The number of carbonyl (C=O) groups is 2. The maximum atomic E-state index is 12.4. The van der Waals surface area contributed by atoms with Crippen molar-refractivity contribution in [2.75, 3.05) is 17.7 Å². The van der Waals surface area contributed by atoms with E-state index in [1.165, 1.54) is 16.3 Å². The van der Waals surface area contributed by atoms with Crippen LogP contribution in [-0.2, 0) is 16.6 Å². The molecule has 2 aromatic carbocycles. The van der Waals surface area contributed by atoms with Crippen molar-refractivity contribution in [3.63, 3.8) is 0 Å². The molecule has 144 valence electrons. The molecule has 1 aromatic heterocycles. The highest BCUT2D eigenvalue weighted by molar-refractivity contribution is 7.99. The molecule has 3 rings (SSSR count). The summed E-state index contributed by atoms with van der Waals surface area (Å²) in [6, 6.07) is 13.6. The predicted molar refractivity (Wildman–Crippen MR) is 109 cm³/mol. The highest BCUT2D eigenvalue weighted by Crippen LogP contribution is 2.18. The first kappa shape index (κ1) is 19.6. The highest BCUT2D eigenvalue weighted by Gasteiger charge is 2.12. The molecular weight excluding hydrogens is 378 g/mol. The number of para-hydroxylation sites is 1. The van der Waals surface area contributed by atoms with Crippen molar-refractivity contribution in [1.29, 1.82) is 0 Å². The summed E-state index contributed by atoms with van der Waals surface area (Å²) >= 11 is 1.17. The van der Waals surface area contributed by atoms with Gasteiger partial charge in [0.1, 0.15) is 0 Å². The zero-order valence-corrected chi connectivity index (χ0v) is 16.3. The van der Waals surface area contributed by atoms with Gasteiger partial charge in [-0.15, -0.1) is 0 Å². The smallest absolute Gasteiger partial charge is 0.338 e. The van der Waals surface area contributed by atoms with Gasteiger partial charge in [0.2, 0.25) is 5.91 Å². The lowest BCUT2D eigenvalue weighted by molar-refractivity contribution is -0.113. The normalized spacial score (nSPS) is 10.6. The van der Waals surface area contributed by atoms with Gasteiger partial charge in [-0.3, -0.25) is 14.2 Å². The standard InChI is InChI=1S/C20H19N3O4S/c1-3-27-19(26)13-7-6-8-14(11-13)21-17(24)12-28-20-22-16-10-5-4-9-15(16)18(25)23(20)2/h4-11H,3,12H2,1-2H3,(H,21,24). The Bertz CT molecular complexity index is 1090. The number of nitrogens with zero attached hydrogens (tertiary/aromatic N) is 2. The summed E-state index contributed by atoms with van der Waals surface area (Å²) in [7, 11) is 1.63. The molecule has 1 N–H and O–H groups in total. The Balaban J connectivity index is 1.69. The van der Waals surface area contributed by atoms with E-state index in [1.807, 2.05) is 6.07 Å². The van der Waals surface area contributed by atoms with E-state index in [1.54, 1.807) is 56.4 Å². The van der Waals surface area contributed by atoms with Gasteiger partial charge in [0.05, 0.1) is 28.8 Å². The van der Waals surface area contributed by atoms with Gasteiger partial charge in [0, 0.05) is 12.7 Å². The fraction of sp³-hybridized carbons (Fsp3) is 0.200. The van der Waals surface area contributed by atoms with E-state index in [0.29, 0.717) is 27.3 Å². The largest absolute Gasteiger partial charge is 0.462 e. The topological polar surface area (TPSA) is 90.3 Å². The summed E-state index contributed by atoms with van der Waals surface area (Å²) in [6.45, 7) is 2.01. The molecule has 0 saturated heterocycles. The molecule has 0 fully saturated rings. The summed E-state index contributed by atoms with van der Waals surface area (Å²) in [5, 5.41) is 3.73. The van der Waals surface area contributed by atoms with Crippen LogP contribution in [0.1, 0.15) is 17.3 Å². The van der Waals surface area contributed by atoms with Crippen LogP contribution in [0.5, 0.6) is 0 Å². The second kappa shape index (κ2) is 8.71. The Hall–Kier alpha value is -3.13. The Morgan fingerprint density at radius 1 is 1.18 bits per heavy atom. The first-order valence-corrected chi connectivity index (χ1v) is 9.63. The number of nitrogens with one attached hydrogen (secondary N) is 1. The van der Waals surface area contributed by atoms with E-state index in [-0.39, 0.29) is 23.8 Å². The molecular formula is C20H19N3O4S. The van der Waals surface area contributed by atoms with Crippen LogP contribution in [0, 0.1) is 0 Å². The van der Waals surface area contributed by atoms with E-state index in [4.69, 9.17) is 4.74 Å². The number of hydrogen-bond donors (Lipinski definition) is 1. The van der Waals surface area contributed by atoms with Gasteiger partial charge in [0.15, 0.2) is 5.16 Å². The molecule has 28 heavy (non-hydrogen) atoms. The van der Waals surface area contributed by atoms with E-state index >= 15 is 0 Å². The number of amides is 1. The van der Waals surface area contributed by atoms with Gasteiger partial charge in [-0.25, -0.2) is 9.78 Å². The molecule has 0 unspecified atom stereocenters. The fourth-order valence-electron chi connectivity index (χ4n) is 2.59. The molecule has 0 aliphatic rings. The van der Waals surface area contributed by atoms with Gasteiger partial charge in [-0.2, -0.15) is 0 Å². The van der Waals surface area contributed by atoms with Gasteiger partial charge in [-0.05, 0) is 37.3 Å². The monoisotopic (exact) mass is 397 g/mol. The van der Waals surface area contributed by atoms with Crippen LogP contribution in [0.2, 0.25) is 0 Å². The molecule has 0 bridgehead atoms. The summed E-state index contributed by atoms with van der Waals surface area (Å²) in [6.07, 6.45) is 0. The third-order valence-corrected chi connectivity index (χ3v) is 4.96. The van der Waals surface area contributed by atoms with Crippen molar-refractivity contribution < 1.29 is 14.3 Å². The van der Waals surface area contributed by atoms with Crippen LogP contribution in [0.4, 0.5) is 5.69 Å². The molecule has 1 heterocycles. The van der Waals surface area contributed by atoms with Crippen LogP contribution in [-0.4, -0.2) is 33.8 Å². The molecule has 7 nitrogen and oxygen atoms in total. The van der Waals surface area contributed by atoms with E-state index in [2.05, 4.69) is 10.3 Å². The van der Waals surface area contributed by atoms with Crippen molar-refractivity contribution in [2.45, 2.75) is 12.1 Å². The maximum Gasteiger partial charge on any atom is 0.338 e. The van der Waals surface area contributed by atoms with Gasteiger partial charge in [-0.1, -0.05) is 30.0 Å². The van der Waals surface area contributed by atoms with Crippen molar-refractivity contribution in [2.24, 2.45) is 7.05 Å². The molecule has 0 aliphatic heterocycles. The lowest BCUT2D eigenvalue weighted by Gasteiger charge is -2.09. The van der Waals surface area contributed by atoms with Gasteiger partial charge >= 0.3 is 5.97 Å². The Morgan fingerprint density at radius 3 is 2.75 bits per heavy atom. The molecule has 0 radical (unpaired) electrons. The zero-order valence-electron chi connectivity index (χ0n) is 15.5.